The van der Waals surface area contributed by atoms with Gasteiger partial charge in [-0.2, -0.15) is 0 Å². The summed E-state index contributed by atoms with van der Waals surface area (Å²) >= 11 is 0. The number of aromatic nitrogens is 2. The zero-order chi connectivity index (χ0) is 14.2. The Bertz CT molecular complexity index is 391. The number of hydrogen-bond donors (Lipinski definition) is 2. The Balaban J connectivity index is 1.61. The second kappa shape index (κ2) is 8.17. The molecule has 0 bridgehead atoms. The highest BCUT2D eigenvalue weighted by Crippen LogP contribution is 2.13. The highest BCUT2D eigenvalue weighted by atomic mass is 16.5. The average Bonchev–Trinajstić information content (AvgIpc) is 2.48. The van der Waals surface area contributed by atoms with Gasteiger partial charge in [0.2, 0.25) is 0 Å². The van der Waals surface area contributed by atoms with E-state index in [1.54, 1.807) is 6.33 Å². The predicted molar refractivity (Wildman–Crippen MR) is 81.1 cm³/mol. The number of piperidine rings is 1. The summed E-state index contributed by atoms with van der Waals surface area (Å²) in [5.41, 5.74) is 1.08. The van der Waals surface area contributed by atoms with Gasteiger partial charge in [0.1, 0.15) is 12.1 Å². The van der Waals surface area contributed by atoms with Crippen LogP contribution in [-0.4, -0.2) is 42.3 Å². The summed E-state index contributed by atoms with van der Waals surface area (Å²) in [6, 6.07) is 2.03. The van der Waals surface area contributed by atoms with Crippen LogP contribution in [0.2, 0.25) is 0 Å². The van der Waals surface area contributed by atoms with Gasteiger partial charge in [0.15, 0.2) is 0 Å². The van der Waals surface area contributed by atoms with Crippen LogP contribution in [0.3, 0.4) is 0 Å². The van der Waals surface area contributed by atoms with E-state index in [4.69, 9.17) is 4.74 Å². The van der Waals surface area contributed by atoms with Gasteiger partial charge in [0.05, 0.1) is 6.10 Å². The largest absolute Gasteiger partial charge is 0.378 e. The molecule has 0 aliphatic carbocycles. The van der Waals surface area contributed by atoms with Crippen molar-refractivity contribution in [3.8, 4) is 0 Å². The van der Waals surface area contributed by atoms with Gasteiger partial charge in [0, 0.05) is 24.9 Å². The van der Waals surface area contributed by atoms with E-state index in [-0.39, 0.29) is 0 Å². The van der Waals surface area contributed by atoms with E-state index in [0.717, 1.165) is 57.0 Å². The first kappa shape index (κ1) is 15.2. The maximum atomic E-state index is 5.87. The van der Waals surface area contributed by atoms with Crippen molar-refractivity contribution in [1.82, 2.24) is 15.3 Å². The summed E-state index contributed by atoms with van der Waals surface area (Å²) in [5, 5.41) is 6.68. The minimum absolute atomic E-state index is 0.432. The van der Waals surface area contributed by atoms with Crippen molar-refractivity contribution in [1.29, 1.82) is 0 Å². The third-order valence-electron chi connectivity index (χ3n) is 3.55. The van der Waals surface area contributed by atoms with Gasteiger partial charge in [-0.3, -0.25) is 0 Å². The Morgan fingerprint density at radius 1 is 1.35 bits per heavy atom. The van der Waals surface area contributed by atoms with E-state index in [1.165, 1.54) is 0 Å². The van der Waals surface area contributed by atoms with E-state index < -0.39 is 0 Å². The van der Waals surface area contributed by atoms with Gasteiger partial charge in [0.25, 0.3) is 0 Å². The first-order valence-electron chi connectivity index (χ1n) is 7.64. The highest BCUT2D eigenvalue weighted by molar-refractivity contribution is 5.35. The van der Waals surface area contributed by atoms with Crippen LogP contribution in [0.1, 0.15) is 44.7 Å². The van der Waals surface area contributed by atoms with Crippen molar-refractivity contribution < 1.29 is 4.74 Å². The maximum Gasteiger partial charge on any atom is 0.129 e. The molecule has 1 fully saturated rings. The second-order valence-electron chi connectivity index (χ2n) is 5.58. The molecule has 0 aromatic carbocycles. The van der Waals surface area contributed by atoms with Crippen LogP contribution in [-0.2, 0) is 4.74 Å². The minimum Gasteiger partial charge on any atom is -0.378 e. The van der Waals surface area contributed by atoms with Gasteiger partial charge in [-0.05, 0) is 38.3 Å². The molecule has 2 N–H and O–H groups in total. The summed E-state index contributed by atoms with van der Waals surface area (Å²) in [7, 11) is 0. The SMILES string of the molecule is CC(C)c1cc(NCCCOC2CCNCC2)ncn1. The fourth-order valence-electron chi connectivity index (χ4n) is 2.29. The van der Waals surface area contributed by atoms with E-state index in [9.17, 15) is 0 Å². The van der Waals surface area contributed by atoms with E-state index in [2.05, 4.69) is 34.4 Å². The molecule has 112 valence electrons. The van der Waals surface area contributed by atoms with Crippen molar-refractivity contribution in [2.75, 3.05) is 31.6 Å². The molecule has 1 aliphatic heterocycles. The molecule has 0 unspecified atom stereocenters. The molecular formula is C15H26N4O. The lowest BCUT2D eigenvalue weighted by molar-refractivity contribution is 0.0329. The molecule has 5 nitrogen and oxygen atoms in total. The number of ether oxygens (including phenoxy) is 1. The van der Waals surface area contributed by atoms with Gasteiger partial charge in [-0.15, -0.1) is 0 Å². The quantitative estimate of drug-likeness (QED) is 0.749. The summed E-state index contributed by atoms with van der Waals surface area (Å²) in [6.45, 7) is 8.15. The molecule has 1 aromatic heterocycles. The van der Waals surface area contributed by atoms with E-state index >= 15 is 0 Å². The average molecular weight is 278 g/mol. The third-order valence-corrected chi connectivity index (χ3v) is 3.55. The fraction of sp³-hybridized carbons (Fsp3) is 0.733. The van der Waals surface area contributed by atoms with Crippen molar-refractivity contribution in [3.63, 3.8) is 0 Å². The van der Waals surface area contributed by atoms with Crippen LogP contribution < -0.4 is 10.6 Å². The summed E-state index contributed by atoms with van der Waals surface area (Å²) in [5.74, 6) is 1.34. The monoisotopic (exact) mass is 278 g/mol. The van der Waals surface area contributed by atoms with Crippen LogP contribution >= 0.6 is 0 Å². The molecule has 5 heteroatoms. The van der Waals surface area contributed by atoms with Crippen LogP contribution in [0.5, 0.6) is 0 Å². The first-order valence-corrected chi connectivity index (χ1v) is 7.64. The van der Waals surface area contributed by atoms with Crippen LogP contribution in [0, 0.1) is 0 Å². The Morgan fingerprint density at radius 2 is 2.15 bits per heavy atom. The molecule has 0 saturated carbocycles. The topological polar surface area (TPSA) is 59.1 Å². The van der Waals surface area contributed by atoms with Crippen molar-refractivity contribution in [3.05, 3.63) is 18.1 Å². The van der Waals surface area contributed by atoms with Crippen LogP contribution in [0.25, 0.3) is 0 Å². The third kappa shape index (κ3) is 5.06. The summed E-state index contributed by atoms with van der Waals surface area (Å²) < 4.78 is 5.87. The smallest absolute Gasteiger partial charge is 0.129 e. The summed E-state index contributed by atoms with van der Waals surface area (Å²) in [4.78, 5) is 8.50. The van der Waals surface area contributed by atoms with Crippen LogP contribution in [0.15, 0.2) is 12.4 Å². The number of rotatable bonds is 7. The number of hydrogen-bond acceptors (Lipinski definition) is 5. The molecule has 20 heavy (non-hydrogen) atoms. The maximum absolute atomic E-state index is 5.87. The second-order valence-corrected chi connectivity index (χ2v) is 5.58. The molecular weight excluding hydrogens is 252 g/mol. The van der Waals surface area contributed by atoms with E-state index in [1.807, 2.05) is 6.07 Å². The summed E-state index contributed by atoms with van der Waals surface area (Å²) in [6.07, 6.45) is 5.35. The first-order chi connectivity index (χ1) is 9.75. The van der Waals surface area contributed by atoms with Gasteiger partial charge in [-0.25, -0.2) is 9.97 Å². The predicted octanol–water partition coefficient (Wildman–Crippen LogP) is 2.17. The Labute approximate surface area is 121 Å². The fourth-order valence-corrected chi connectivity index (χ4v) is 2.29. The molecule has 2 heterocycles. The molecule has 0 amide bonds. The number of nitrogens with zero attached hydrogens (tertiary/aromatic N) is 2. The minimum atomic E-state index is 0.432. The van der Waals surface area contributed by atoms with Crippen LogP contribution in [0.4, 0.5) is 5.82 Å². The van der Waals surface area contributed by atoms with Crippen molar-refractivity contribution in [2.45, 2.75) is 45.1 Å². The molecule has 2 rings (SSSR count). The lowest BCUT2D eigenvalue weighted by atomic mass is 10.1. The van der Waals surface area contributed by atoms with Crippen molar-refractivity contribution in [2.24, 2.45) is 0 Å². The van der Waals surface area contributed by atoms with Gasteiger partial charge < -0.3 is 15.4 Å². The molecule has 0 atom stereocenters. The van der Waals surface area contributed by atoms with Crippen molar-refractivity contribution >= 4 is 5.82 Å². The lowest BCUT2D eigenvalue weighted by Gasteiger charge is -2.22. The molecule has 1 saturated heterocycles. The Hall–Kier alpha value is -1.20. The Kier molecular flexibility index (Phi) is 6.21. The molecule has 1 aliphatic rings. The van der Waals surface area contributed by atoms with Gasteiger partial charge >= 0.3 is 0 Å². The zero-order valence-electron chi connectivity index (χ0n) is 12.6. The standard InChI is InChI=1S/C15H26N4O/c1-12(2)14-10-15(19-11-18-14)17-6-3-9-20-13-4-7-16-8-5-13/h10-13,16H,3-9H2,1-2H3,(H,17,18,19). The molecule has 0 radical (unpaired) electrons. The normalized spacial score (nSPS) is 16.6. The van der Waals surface area contributed by atoms with E-state index in [0.29, 0.717) is 12.0 Å². The highest BCUT2D eigenvalue weighted by Gasteiger charge is 2.12. The zero-order valence-corrected chi connectivity index (χ0v) is 12.6. The molecule has 1 aromatic rings. The molecule has 0 spiro atoms. The van der Waals surface area contributed by atoms with Gasteiger partial charge in [-0.1, -0.05) is 13.8 Å². The number of anilines is 1. The lowest BCUT2D eigenvalue weighted by Crippen LogP contribution is -2.32. The number of nitrogens with one attached hydrogen (secondary N) is 2. The Morgan fingerprint density at radius 3 is 2.90 bits per heavy atom.